The number of hydrogen-bond donors (Lipinski definition) is 3. The summed E-state index contributed by atoms with van der Waals surface area (Å²) in [6.07, 6.45) is 4.83. The third-order valence-electron chi connectivity index (χ3n) is 6.80. The van der Waals surface area contributed by atoms with Crippen molar-refractivity contribution < 1.29 is 24.4 Å². The molecule has 0 fully saturated rings. The summed E-state index contributed by atoms with van der Waals surface area (Å²) < 4.78 is 6.02. The molecule has 0 saturated carbocycles. The Labute approximate surface area is 290 Å². The number of ketones is 1. The number of nitrogens with one attached hydrogen (secondary N) is 2. The van der Waals surface area contributed by atoms with E-state index >= 15 is 0 Å². The number of nitrogens with zero attached hydrogens (tertiary/aromatic N) is 7. The van der Waals surface area contributed by atoms with Crippen LogP contribution in [0.1, 0.15) is 40.9 Å². The average Bonchev–Trinajstić information content (AvgIpc) is 3.08. The molecule has 3 N–H and O–H groups in total. The maximum Gasteiger partial charge on any atom is 0.269 e. The van der Waals surface area contributed by atoms with Gasteiger partial charge in [-0.15, -0.1) is 0 Å². The minimum Gasteiger partial charge on any atom is -0.476 e. The van der Waals surface area contributed by atoms with Crippen molar-refractivity contribution in [1.29, 1.82) is 0 Å². The summed E-state index contributed by atoms with van der Waals surface area (Å²) in [7, 11) is 3.65. The average molecular weight is 770 g/mol. The van der Waals surface area contributed by atoms with Crippen molar-refractivity contribution in [2.75, 3.05) is 39.2 Å². The highest BCUT2D eigenvalue weighted by Crippen LogP contribution is 2.24. The SMILES string of the molecule is CN(C)/C=N/c1nc(OCCc2ccc([N+](=O)[O-])cc2)c2nc(CNc3ccc(C(=O)CC(I)CCC(=O)NCCO)cc3)cnc2n1. The molecule has 252 valence electrons. The van der Waals surface area contributed by atoms with Crippen LogP contribution in [-0.2, 0) is 17.8 Å². The Kier molecular flexibility index (Phi) is 13.4. The van der Waals surface area contributed by atoms with Crippen LogP contribution in [0.5, 0.6) is 5.88 Å². The van der Waals surface area contributed by atoms with Gasteiger partial charge in [0, 0.05) is 67.2 Å². The number of nitro groups is 1. The Balaban J connectivity index is 1.39. The second-order valence-corrected chi connectivity index (χ2v) is 12.6. The lowest BCUT2D eigenvalue weighted by Gasteiger charge is -2.11. The van der Waals surface area contributed by atoms with Gasteiger partial charge >= 0.3 is 0 Å². The first kappa shape index (κ1) is 36.0. The van der Waals surface area contributed by atoms with Crippen LogP contribution in [-0.4, -0.2) is 90.7 Å². The molecule has 2 heterocycles. The van der Waals surface area contributed by atoms with Crippen LogP contribution in [0.15, 0.2) is 59.7 Å². The van der Waals surface area contributed by atoms with Gasteiger partial charge in [0.15, 0.2) is 16.9 Å². The fraction of sp³-hybridized carbons (Fsp3) is 0.344. The number of carbonyl (C=O) groups excluding carboxylic acids is 2. The topological polar surface area (TPSA) is 198 Å². The van der Waals surface area contributed by atoms with Gasteiger partial charge in [0.1, 0.15) is 0 Å². The van der Waals surface area contributed by atoms with Crippen LogP contribution in [0.2, 0.25) is 0 Å². The molecule has 0 aliphatic heterocycles. The Morgan fingerprint density at radius 2 is 1.88 bits per heavy atom. The molecule has 1 amide bonds. The zero-order valence-electron chi connectivity index (χ0n) is 26.5. The van der Waals surface area contributed by atoms with Gasteiger partial charge in [-0.1, -0.05) is 34.7 Å². The Morgan fingerprint density at radius 3 is 2.56 bits per heavy atom. The van der Waals surface area contributed by atoms with Crippen molar-refractivity contribution in [2.45, 2.75) is 36.2 Å². The lowest BCUT2D eigenvalue weighted by atomic mass is 10.0. The van der Waals surface area contributed by atoms with E-state index in [9.17, 15) is 19.7 Å². The normalized spacial score (nSPS) is 11.8. The standard InChI is InChI=1S/C32H36IN9O6/c1-41(2)20-37-32-39-30-29(31(40-32)48-16-13-21-3-10-26(11-4-21)42(46)47)38-25(19-36-30)18-35-24-8-5-22(6-9-24)27(44)17-23(33)7-12-28(45)34-14-15-43/h3-6,8-11,19-20,23,35,43H,7,12-18H2,1-2H3,(H,34,45)/b37-20+. The Hall–Kier alpha value is -4.84. The number of alkyl halides is 1. The monoisotopic (exact) mass is 769 g/mol. The number of hydrogen-bond acceptors (Lipinski definition) is 12. The Morgan fingerprint density at radius 1 is 1.12 bits per heavy atom. The zero-order chi connectivity index (χ0) is 34.5. The molecule has 0 aliphatic rings. The van der Waals surface area contributed by atoms with Crippen LogP contribution < -0.4 is 15.4 Å². The van der Waals surface area contributed by atoms with Crippen molar-refractivity contribution in [2.24, 2.45) is 4.99 Å². The molecule has 0 bridgehead atoms. The van der Waals surface area contributed by atoms with Crippen LogP contribution in [0.4, 0.5) is 17.3 Å². The third-order valence-corrected chi connectivity index (χ3v) is 7.86. The molecule has 2 aromatic carbocycles. The zero-order valence-corrected chi connectivity index (χ0v) is 28.7. The maximum absolute atomic E-state index is 12.8. The van der Waals surface area contributed by atoms with Gasteiger partial charge in [-0.2, -0.15) is 9.97 Å². The molecule has 16 heteroatoms. The molecule has 0 aliphatic carbocycles. The molecule has 0 radical (unpaired) electrons. The smallest absolute Gasteiger partial charge is 0.269 e. The van der Waals surface area contributed by atoms with Gasteiger partial charge < -0.3 is 25.4 Å². The molecule has 0 spiro atoms. The summed E-state index contributed by atoms with van der Waals surface area (Å²) >= 11 is 2.19. The highest BCUT2D eigenvalue weighted by molar-refractivity contribution is 14.1. The number of aliphatic imine (C=N–C) groups is 1. The summed E-state index contributed by atoms with van der Waals surface area (Å²) in [6.45, 7) is 0.677. The van der Waals surface area contributed by atoms with Crippen molar-refractivity contribution in [3.05, 3.63) is 81.7 Å². The first-order chi connectivity index (χ1) is 23.1. The van der Waals surface area contributed by atoms with Gasteiger partial charge in [0.25, 0.3) is 11.6 Å². The fourth-order valence-corrected chi connectivity index (χ4v) is 5.04. The molecule has 1 unspecified atom stereocenters. The summed E-state index contributed by atoms with van der Waals surface area (Å²) in [5.41, 5.74) is 3.52. The first-order valence-electron chi connectivity index (χ1n) is 15.1. The largest absolute Gasteiger partial charge is 0.476 e. The molecule has 4 rings (SSSR count). The maximum atomic E-state index is 12.8. The van der Waals surface area contributed by atoms with E-state index in [1.54, 1.807) is 41.7 Å². The predicted molar refractivity (Wildman–Crippen MR) is 189 cm³/mol. The van der Waals surface area contributed by atoms with Gasteiger partial charge in [-0.3, -0.25) is 19.7 Å². The number of aliphatic hydroxyl groups is 1. The minimum atomic E-state index is -0.443. The predicted octanol–water partition coefficient (Wildman–Crippen LogP) is 4.05. The highest BCUT2D eigenvalue weighted by Gasteiger charge is 2.16. The van der Waals surface area contributed by atoms with E-state index in [-0.39, 0.29) is 52.9 Å². The number of aliphatic hydroxyl groups excluding tert-OH is 1. The van der Waals surface area contributed by atoms with Crippen LogP contribution in [0.25, 0.3) is 11.2 Å². The number of anilines is 1. The summed E-state index contributed by atoms with van der Waals surface area (Å²) in [4.78, 5) is 59.1. The third kappa shape index (κ3) is 11.2. The van der Waals surface area contributed by atoms with E-state index in [1.165, 1.54) is 12.1 Å². The number of non-ortho nitro benzene ring substituents is 1. The molecule has 4 aromatic rings. The van der Waals surface area contributed by atoms with Crippen LogP contribution >= 0.6 is 22.6 Å². The van der Waals surface area contributed by atoms with Crippen LogP contribution in [0.3, 0.4) is 0 Å². The number of rotatable bonds is 18. The number of nitro benzene ring substituents is 1. The van der Waals surface area contributed by atoms with Crippen molar-refractivity contribution in [1.82, 2.24) is 30.2 Å². The second kappa shape index (κ2) is 17.9. The van der Waals surface area contributed by atoms with E-state index < -0.39 is 4.92 Å². The fourth-order valence-electron chi connectivity index (χ4n) is 4.33. The van der Waals surface area contributed by atoms with Gasteiger partial charge in [0.05, 0.1) is 42.9 Å². The molecule has 2 aromatic heterocycles. The first-order valence-corrected chi connectivity index (χ1v) is 16.3. The van der Waals surface area contributed by atoms with Crippen LogP contribution in [0, 0.1) is 10.1 Å². The van der Waals surface area contributed by atoms with E-state index in [1.807, 2.05) is 26.2 Å². The lowest BCUT2D eigenvalue weighted by molar-refractivity contribution is -0.384. The second-order valence-electron chi connectivity index (χ2n) is 10.9. The lowest BCUT2D eigenvalue weighted by Crippen LogP contribution is -2.26. The number of benzene rings is 2. The number of fused-ring (bicyclic) bond motifs is 1. The summed E-state index contributed by atoms with van der Waals surface area (Å²) in [6, 6.07) is 13.4. The van der Waals surface area contributed by atoms with Crippen molar-refractivity contribution >= 4 is 69.1 Å². The molecular formula is C32H36IN9O6. The molecule has 15 nitrogen and oxygen atoms in total. The number of halogens is 1. The van der Waals surface area contributed by atoms with Gasteiger partial charge in [0.2, 0.25) is 11.8 Å². The molecule has 48 heavy (non-hydrogen) atoms. The van der Waals surface area contributed by atoms with E-state index in [4.69, 9.17) is 14.8 Å². The number of carbonyl (C=O) groups is 2. The molecule has 0 saturated heterocycles. The summed E-state index contributed by atoms with van der Waals surface area (Å²) in [5, 5.41) is 25.7. The van der Waals surface area contributed by atoms with Gasteiger partial charge in [-0.25, -0.2) is 15.0 Å². The molecule has 1 atom stereocenters. The minimum absolute atomic E-state index is 0.00694. The van der Waals surface area contributed by atoms with E-state index in [0.717, 1.165) is 11.3 Å². The molecular weight excluding hydrogens is 733 g/mol. The van der Waals surface area contributed by atoms with E-state index in [0.29, 0.717) is 54.6 Å². The Bertz CT molecular complexity index is 1740. The quantitative estimate of drug-likeness (QED) is 0.0250. The number of ether oxygens (including phenoxy) is 1. The summed E-state index contributed by atoms with van der Waals surface area (Å²) in [5.74, 6) is 0.227. The number of amides is 1. The van der Waals surface area contributed by atoms with E-state index in [2.05, 4.69) is 53.2 Å². The van der Waals surface area contributed by atoms with Crippen molar-refractivity contribution in [3.8, 4) is 5.88 Å². The van der Waals surface area contributed by atoms with Crippen molar-refractivity contribution in [3.63, 3.8) is 0 Å². The number of aromatic nitrogens is 4. The number of Topliss-reactive ketones (excluding diaryl/α,β-unsaturated/α-hetero) is 1. The highest BCUT2D eigenvalue weighted by atomic mass is 127. The van der Waals surface area contributed by atoms with Gasteiger partial charge in [-0.05, 0) is 36.2 Å².